The first kappa shape index (κ1) is 13.2. The van der Waals surface area contributed by atoms with Crippen LogP contribution in [0, 0.1) is 12.3 Å². The third kappa shape index (κ3) is 4.80. The Balaban J connectivity index is 2.20. The van der Waals surface area contributed by atoms with Gasteiger partial charge in [0, 0.05) is 24.0 Å². The molecule has 0 aliphatic rings. The Labute approximate surface area is 103 Å². The first-order valence-corrected chi connectivity index (χ1v) is 6.48. The summed E-state index contributed by atoms with van der Waals surface area (Å²) in [6.45, 7) is 4.91. The fourth-order valence-electron chi connectivity index (χ4n) is 1.51. The van der Waals surface area contributed by atoms with Crippen molar-refractivity contribution in [2.24, 2.45) is 0 Å². The van der Waals surface area contributed by atoms with Gasteiger partial charge >= 0.3 is 0 Å². The molecule has 0 amide bonds. The molecule has 0 saturated heterocycles. The van der Waals surface area contributed by atoms with Crippen LogP contribution in [0.5, 0.6) is 0 Å². The van der Waals surface area contributed by atoms with Crippen LogP contribution in [-0.4, -0.2) is 37.6 Å². The molecule has 1 aromatic rings. The molecule has 0 aliphatic heterocycles. The van der Waals surface area contributed by atoms with Gasteiger partial charge in [-0.25, -0.2) is 0 Å². The van der Waals surface area contributed by atoms with E-state index >= 15 is 0 Å². The Kier molecular flexibility index (Phi) is 6.17. The highest BCUT2D eigenvalue weighted by Crippen LogP contribution is 2.13. The van der Waals surface area contributed by atoms with Gasteiger partial charge in [-0.3, -0.25) is 0 Å². The fourth-order valence-corrected chi connectivity index (χ4v) is 2.34. The summed E-state index contributed by atoms with van der Waals surface area (Å²) in [7, 11) is 2.16. The maximum atomic E-state index is 5.17. The molecule has 1 N–H and O–H groups in total. The summed E-state index contributed by atoms with van der Waals surface area (Å²) in [5.41, 5.74) is 0. The van der Waals surface area contributed by atoms with E-state index in [0.29, 0.717) is 12.6 Å². The molecule has 1 atom stereocenters. The summed E-state index contributed by atoms with van der Waals surface area (Å²) in [6.07, 6.45) is 6.30. The van der Waals surface area contributed by atoms with Crippen LogP contribution in [0.15, 0.2) is 17.5 Å². The van der Waals surface area contributed by atoms with E-state index in [1.807, 2.05) is 11.3 Å². The van der Waals surface area contributed by atoms with Gasteiger partial charge in [-0.1, -0.05) is 12.0 Å². The van der Waals surface area contributed by atoms with Crippen LogP contribution in [0.4, 0.5) is 0 Å². The standard InChI is InChI=1S/C13H20N2S/c1-4-7-14-8-9-15(3)12(2)11-13-6-5-10-16-13/h1,5-6,10,12,14H,7-9,11H2,2-3H3. The van der Waals surface area contributed by atoms with Crippen LogP contribution in [0.3, 0.4) is 0 Å². The largest absolute Gasteiger partial charge is 0.305 e. The summed E-state index contributed by atoms with van der Waals surface area (Å²) < 4.78 is 0. The average Bonchev–Trinajstić information content (AvgIpc) is 2.76. The minimum atomic E-state index is 0.575. The van der Waals surface area contributed by atoms with E-state index < -0.39 is 0 Å². The van der Waals surface area contributed by atoms with Gasteiger partial charge in [0.25, 0.3) is 0 Å². The topological polar surface area (TPSA) is 15.3 Å². The molecule has 0 spiro atoms. The van der Waals surface area contributed by atoms with Crippen LogP contribution in [-0.2, 0) is 6.42 Å². The third-order valence-corrected chi connectivity index (χ3v) is 3.60. The molecule has 0 aromatic carbocycles. The van der Waals surface area contributed by atoms with Gasteiger partial charge < -0.3 is 10.2 Å². The lowest BCUT2D eigenvalue weighted by atomic mass is 10.2. The molecular weight excluding hydrogens is 216 g/mol. The minimum Gasteiger partial charge on any atom is -0.305 e. The molecule has 1 rings (SSSR count). The SMILES string of the molecule is C#CCNCCN(C)C(C)Cc1cccs1. The fraction of sp³-hybridized carbons (Fsp3) is 0.538. The molecule has 1 aromatic heterocycles. The van der Waals surface area contributed by atoms with Crippen molar-refractivity contribution >= 4 is 11.3 Å². The van der Waals surface area contributed by atoms with Gasteiger partial charge in [0.2, 0.25) is 0 Å². The molecule has 88 valence electrons. The van der Waals surface area contributed by atoms with E-state index in [1.54, 1.807) is 0 Å². The highest BCUT2D eigenvalue weighted by atomic mass is 32.1. The molecule has 1 unspecified atom stereocenters. The summed E-state index contributed by atoms with van der Waals surface area (Å²) in [4.78, 5) is 3.82. The Morgan fingerprint density at radius 2 is 2.44 bits per heavy atom. The molecule has 1 heterocycles. The van der Waals surface area contributed by atoms with Crippen molar-refractivity contribution in [3.05, 3.63) is 22.4 Å². The molecule has 0 radical (unpaired) electrons. The smallest absolute Gasteiger partial charge is 0.0574 e. The Hall–Kier alpha value is -0.820. The van der Waals surface area contributed by atoms with Crippen molar-refractivity contribution in [3.63, 3.8) is 0 Å². The number of nitrogens with one attached hydrogen (secondary N) is 1. The Bertz CT molecular complexity index is 313. The Morgan fingerprint density at radius 1 is 1.62 bits per heavy atom. The summed E-state index contributed by atoms with van der Waals surface area (Å²) in [5, 5.41) is 5.34. The molecule has 0 fully saturated rings. The van der Waals surface area contributed by atoms with Gasteiger partial charge in [-0.05, 0) is 31.8 Å². The van der Waals surface area contributed by atoms with Gasteiger partial charge in [-0.2, -0.15) is 0 Å². The maximum absolute atomic E-state index is 5.17. The number of hydrogen-bond acceptors (Lipinski definition) is 3. The molecule has 0 aliphatic carbocycles. The van der Waals surface area contributed by atoms with E-state index in [0.717, 1.165) is 19.5 Å². The van der Waals surface area contributed by atoms with Crippen molar-refractivity contribution in [3.8, 4) is 12.3 Å². The van der Waals surface area contributed by atoms with Crippen molar-refractivity contribution in [2.75, 3.05) is 26.7 Å². The minimum absolute atomic E-state index is 0.575. The normalized spacial score (nSPS) is 12.6. The molecule has 3 heteroatoms. The summed E-state index contributed by atoms with van der Waals surface area (Å²) >= 11 is 1.83. The zero-order valence-electron chi connectivity index (χ0n) is 10.1. The van der Waals surface area contributed by atoms with Crippen molar-refractivity contribution < 1.29 is 0 Å². The second-order valence-corrected chi connectivity index (χ2v) is 5.03. The van der Waals surface area contributed by atoms with E-state index in [1.165, 1.54) is 4.88 Å². The number of nitrogens with zero attached hydrogens (tertiary/aromatic N) is 1. The predicted octanol–water partition coefficient (Wildman–Crippen LogP) is 1.83. The number of terminal acetylenes is 1. The second kappa shape index (κ2) is 7.45. The highest BCUT2D eigenvalue weighted by molar-refractivity contribution is 7.09. The van der Waals surface area contributed by atoms with E-state index in [-0.39, 0.29) is 0 Å². The zero-order valence-corrected chi connectivity index (χ0v) is 10.9. The molecule has 16 heavy (non-hydrogen) atoms. The lowest BCUT2D eigenvalue weighted by Gasteiger charge is -2.24. The number of hydrogen-bond donors (Lipinski definition) is 1. The first-order valence-electron chi connectivity index (χ1n) is 5.61. The lowest BCUT2D eigenvalue weighted by molar-refractivity contribution is 0.258. The predicted molar refractivity (Wildman–Crippen MR) is 71.8 cm³/mol. The van der Waals surface area contributed by atoms with E-state index in [2.05, 4.69) is 47.6 Å². The first-order chi connectivity index (χ1) is 7.74. The van der Waals surface area contributed by atoms with E-state index in [4.69, 9.17) is 6.42 Å². The zero-order chi connectivity index (χ0) is 11.8. The van der Waals surface area contributed by atoms with Crippen molar-refractivity contribution in [1.29, 1.82) is 0 Å². The van der Waals surface area contributed by atoms with E-state index in [9.17, 15) is 0 Å². The van der Waals surface area contributed by atoms with Crippen molar-refractivity contribution in [2.45, 2.75) is 19.4 Å². The van der Waals surface area contributed by atoms with Gasteiger partial charge in [0.15, 0.2) is 0 Å². The quantitative estimate of drug-likeness (QED) is 0.574. The molecule has 0 bridgehead atoms. The number of thiophene rings is 1. The lowest BCUT2D eigenvalue weighted by Crippen LogP contribution is -2.36. The Morgan fingerprint density at radius 3 is 3.06 bits per heavy atom. The van der Waals surface area contributed by atoms with Gasteiger partial charge in [0.05, 0.1) is 6.54 Å². The van der Waals surface area contributed by atoms with Gasteiger partial charge in [-0.15, -0.1) is 17.8 Å². The average molecular weight is 236 g/mol. The number of rotatable bonds is 7. The van der Waals surface area contributed by atoms with Crippen LogP contribution in [0.25, 0.3) is 0 Å². The highest BCUT2D eigenvalue weighted by Gasteiger charge is 2.09. The third-order valence-electron chi connectivity index (χ3n) is 2.70. The van der Waals surface area contributed by atoms with Crippen LogP contribution in [0.1, 0.15) is 11.8 Å². The molecule has 0 saturated carbocycles. The second-order valence-electron chi connectivity index (χ2n) is 3.99. The monoisotopic (exact) mass is 236 g/mol. The molecule has 2 nitrogen and oxygen atoms in total. The number of likely N-dealkylation sites (N-methyl/N-ethyl adjacent to an activating group) is 1. The van der Waals surface area contributed by atoms with Crippen molar-refractivity contribution in [1.82, 2.24) is 10.2 Å². The summed E-state index contributed by atoms with van der Waals surface area (Å²) in [6, 6.07) is 4.89. The van der Waals surface area contributed by atoms with Crippen LogP contribution in [0.2, 0.25) is 0 Å². The summed E-state index contributed by atoms with van der Waals surface area (Å²) in [5.74, 6) is 2.58. The molecular formula is C13H20N2S. The van der Waals surface area contributed by atoms with Crippen LogP contribution >= 0.6 is 11.3 Å². The maximum Gasteiger partial charge on any atom is 0.0574 e. The van der Waals surface area contributed by atoms with Gasteiger partial charge in [0.1, 0.15) is 0 Å². The van der Waals surface area contributed by atoms with Crippen LogP contribution < -0.4 is 5.32 Å².